The Morgan fingerprint density at radius 2 is 1.96 bits per heavy atom. The van der Waals surface area contributed by atoms with Crippen LogP contribution in [0, 0.1) is 0 Å². The van der Waals surface area contributed by atoms with Crippen molar-refractivity contribution in [3.8, 4) is 5.88 Å². The summed E-state index contributed by atoms with van der Waals surface area (Å²) in [5.41, 5.74) is 9.44. The second-order valence-corrected chi connectivity index (χ2v) is 7.51. The molecule has 0 radical (unpaired) electrons. The van der Waals surface area contributed by atoms with Crippen molar-refractivity contribution in [2.75, 3.05) is 13.3 Å². The zero-order valence-electron chi connectivity index (χ0n) is 15.1. The first-order chi connectivity index (χ1) is 13.6. The van der Waals surface area contributed by atoms with Gasteiger partial charge in [0.1, 0.15) is 6.17 Å². The lowest BCUT2D eigenvalue weighted by molar-refractivity contribution is 0.279. The third kappa shape index (κ3) is 3.30. The Bertz CT molecular complexity index is 986. The van der Waals surface area contributed by atoms with Gasteiger partial charge >= 0.3 is 0 Å². The number of halogens is 2. The van der Waals surface area contributed by atoms with Gasteiger partial charge in [0.15, 0.2) is 0 Å². The quantitative estimate of drug-likeness (QED) is 0.567. The standard InChI is InChI=1S/C21H20BrFN4O/c22-16-5-1-4-14(12-16)21(17-6-2-9-26-19(17)20(24)27-21)15-7-10-25-18(13-15)28-11-3-8-23/h1-2,4-7,9-10,12-13,20,27H,3,8,11,24H2. The van der Waals surface area contributed by atoms with E-state index in [-0.39, 0.29) is 6.61 Å². The van der Waals surface area contributed by atoms with E-state index in [0.29, 0.717) is 12.3 Å². The highest BCUT2D eigenvalue weighted by molar-refractivity contribution is 9.10. The molecule has 0 spiro atoms. The van der Waals surface area contributed by atoms with Gasteiger partial charge in [-0.3, -0.25) is 14.7 Å². The average molecular weight is 443 g/mol. The van der Waals surface area contributed by atoms with Crippen LogP contribution in [0.25, 0.3) is 0 Å². The summed E-state index contributed by atoms with van der Waals surface area (Å²) < 4.78 is 19.0. The normalized spacial score (nSPS) is 20.8. The van der Waals surface area contributed by atoms with E-state index >= 15 is 0 Å². The Morgan fingerprint density at radius 3 is 2.79 bits per heavy atom. The van der Waals surface area contributed by atoms with Gasteiger partial charge in [-0.1, -0.05) is 34.1 Å². The van der Waals surface area contributed by atoms with Crippen LogP contribution in [0.1, 0.15) is 35.0 Å². The van der Waals surface area contributed by atoms with Crippen LogP contribution < -0.4 is 15.8 Å². The topological polar surface area (TPSA) is 73.1 Å². The van der Waals surface area contributed by atoms with Crippen LogP contribution in [0.5, 0.6) is 5.88 Å². The number of nitrogens with zero attached hydrogens (tertiary/aromatic N) is 2. The number of ether oxygens (including phenoxy) is 1. The van der Waals surface area contributed by atoms with Crippen LogP contribution in [0.2, 0.25) is 0 Å². The van der Waals surface area contributed by atoms with Gasteiger partial charge in [0.2, 0.25) is 5.88 Å². The lowest BCUT2D eigenvalue weighted by Gasteiger charge is -2.33. The minimum absolute atomic E-state index is 0.280. The fourth-order valence-corrected chi connectivity index (χ4v) is 4.08. The first kappa shape index (κ1) is 19.0. The van der Waals surface area contributed by atoms with Gasteiger partial charge in [-0.25, -0.2) is 4.98 Å². The number of rotatable bonds is 6. The Balaban J connectivity index is 1.88. The van der Waals surface area contributed by atoms with Crippen molar-refractivity contribution in [1.82, 2.24) is 15.3 Å². The molecule has 0 bridgehead atoms. The SMILES string of the molecule is NC1NC(c2cccc(Br)c2)(c2ccnc(OCCCF)c2)c2cccnc21. The summed E-state index contributed by atoms with van der Waals surface area (Å²) in [5.74, 6) is 0.452. The van der Waals surface area contributed by atoms with Gasteiger partial charge in [-0.15, -0.1) is 0 Å². The van der Waals surface area contributed by atoms with Crippen molar-refractivity contribution in [2.45, 2.75) is 18.1 Å². The maximum absolute atomic E-state index is 12.4. The molecule has 0 fully saturated rings. The molecule has 2 aromatic heterocycles. The van der Waals surface area contributed by atoms with Crippen molar-refractivity contribution in [3.63, 3.8) is 0 Å². The molecule has 2 atom stereocenters. The number of hydrogen-bond acceptors (Lipinski definition) is 5. The molecule has 2 unspecified atom stereocenters. The van der Waals surface area contributed by atoms with E-state index in [1.807, 2.05) is 36.4 Å². The molecule has 144 valence electrons. The zero-order valence-corrected chi connectivity index (χ0v) is 16.7. The monoisotopic (exact) mass is 442 g/mol. The summed E-state index contributed by atoms with van der Waals surface area (Å²) in [7, 11) is 0. The largest absolute Gasteiger partial charge is 0.478 e. The Hall–Kier alpha value is -2.35. The third-order valence-electron chi connectivity index (χ3n) is 4.86. The summed E-state index contributed by atoms with van der Waals surface area (Å²) in [6.45, 7) is -0.140. The first-order valence-corrected chi connectivity index (χ1v) is 9.84. The summed E-state index contributed by atoms with van der Waals surface area (Å²) in [5, 5.41) is 3.54. The molecule has 1 aromatic carbocycles. The zero-order chi connectivity index (χ0) is 19.6. The fourth-order valence-electron chi connectivity index (χ4n) is 3.68. The molecule has 4 rings (SSSR count). The molecular formula is C21H20BrFN4O. The number of nitrogens with one attached hydrogen (secondary N) is 1. The number of aromatic nitrogens is 2. The van der Waals surface area contributed by atoms with E-state index in [1.54, 1.807) is 12.4 Å². The molecular weight excluding hydrogens is 423 g/mol. The number of alkyl halides is 1. The van der Waals surface area contributed by atoms with Crippen LogP contribution in [0.4, 0.5) is 4.39 Å². The van der Waals surface area contributed by atoms with Gasteiger partial charge in [0.05, 0.1) is 24.5 Å². The first-order valence-electron chi connectivity index (χ1n) is 9.05. The van der Waals surface area contributed by atoms with Crippen molar-refractivity contribution in [3.05, 3.63) is 87.8 Å². The highest BCUT2D eigenvalue weighted by Gasteiger charge is 2.46. The summed E-state index contributed by atoms with van der Waals surface area (Å²) in [6.07, 6.45) is 3.36. The van der Waals surface area contributed by atoms with Crippen molar-refractivity contribution in [2.24, 2.45) is 5.73 Å². The van der Waals surface area contributed by atoms with E-state index in [4.69, 9.17) is 10.5 Å². The van der Waals surface area contributed by atoms with Crippen molar-refractivity contribution in [1.29, 1.82) is 0 Å². The predicted octanol–water partition coefficient (Wildman–Crippen LogP) is 3.83. The van der Waals surface area contributed by atoms with Gasteiger partial charge in [0, 0.05) is 34.9 Å². The van der Waals surface area contributed by atoms with Crippen LogP contribution in [-0.4, -0.2) is 23.2 Å². The molecule has 0 saturated heterocycles. The molecule has 7 heteroatoms. The van der Waals surface area contributed by atoms with Gasteiger partial charge in [-0.2, -0.15) is 0 Å². The van der Waals surface area contributed by atoms with Crippen molar-refractivity contribution >= 4 is 15.9 Å². The number of hydrogen-bond donors (Lipinski definition) is 2. The highest BCUT2D eigenvalue weighted by Crippen LogP contribution is 2.45. The summed E-state index contributed by atoms with van der Waals surface area (Å²) in [6, 6.07) is 15.8. The molecule has 3 aromatic rings. The van der Waals surface area contributed by atoms with Gasteiger partial charge < -0.3 is 10.5 Å². The molecule has 5 nitrogen and oxygen atoms in total. The molecule has 28 heavy (non-hydrogen) atoms. The van der Waals surface area contributed by atoms with Crippen LogP contribution >= 0.6 is 15.9 Å². The summed E-state index contributed by atoms with van der Waals surface area (Å²) in [4.78, 5) is 8.78. The molecule has 1 aliphatic rings. The van der Waals surface area contributed by atoms with E-state index < -0.39 is 18.4 Å². The average Bonchev–Trinajstić information content (AvgIpc) is 3.02. The van der Waals surface area contributed by atoms with Gasteiger partial charge in [0.25, 0.3) is 0 Å². The van der Waals surface area contributed by atoms with E-state index in [0.717, 1.165) is 26.9 Å². The maximum atomic E-state index is 12.4. The van der Waals surface area contributed by atoms with E-state index in [1.165, 1.54) is 0 Å². The minimum atomic E-state index is -0.700. The second kappa shape index (κ2) is 7.95. The molecule has 0 saturated carbocycles. The van der Waals surface area contributed by atoms with Crippen LogP contribution in [0.3, 0.4) is 0 Å². The van der Waals surface area contributed by atoms with E-state index in [9.17, 15) is 4.39 Å². The lowest BCUT2D eigenvalue weighted by Crippen LogP contribution is -2.42. The highest BCUT2D eigenvalue weighted by atomic mass is 79.9. The Morgan fingerprint density at radius 1 is 1.11 bits per heavy atom. The number of nitrogens with two attached hydrogens (primary N) is 1. The predicted molar refractivity (Wildman–Crippen MR) is 109 cm³/mol. The summed E-state index contributed by atoms with van der Waals surface area (Å²) >= 11 is 3.57. The van der Waals surface area contributed by atoms with Gasteiger partial charge in [-0.05, 0) is 35.4 Å². The fraction of sp³-hybridized carbons (Fsp3) is 0.238. The second-order valence-electron chi connectivity index (χ2n) is 6.59. The third-order valence-corrected chi connectivity index (χ3v) is 5.36. The Labute approximate surface area is 171 Å². The van der Waals surface area contributed by atoms with Crippen LogP contribution in [-0.2, 0) is 5.54 Å². The lowest BCUT2D eigenvalue weighted by atomic mass is 9.79. The Kier molecular flexibility index (Phi) is 5.39. The van der Waals surface area contributed by atoms with E-state index in [2.05, 4.69) is 43.3 Å². The smallest absolute Gasteiger partial charge is 0.213 e. The maximum Gasteiger partial charge on any atom is 0.213 e. The minimum Gasteiger partial charge on any atom is -0.478 e. The molecule has 3 N–H and O–H groups in total. The van der Waals surface area contributed by atoms with Crippen LogP contribution in [0.15, 0.2) is 65.4 Å². The molecule has 3 heterocycles. The number of pyridine rings is 2. The number of fused-ring (bicyclic) bond motifs is 1. The molecule has 0 aliphatic carbocycles. The molecule has 1 aliphatic heterocycles. The molecule has 0 amide bonds. The van der Waals surface area contributed by atoms with Crippen molar-refractivity contribution < 1.29 is 9.13 Å². The number of benzene rings is 1.